The van der Waals surface area contributed by atoms with Crippen molar-refractivity contribution in [3.05, 3.63) is 0 Å². The van der Waals surface area contributed by atoms with Crippen LogP contribution in [0.3, 0.4) is 0 Å². The van der Waals surface area contributed by atoms with Crippen molar-refractivity contribution >= 4 is 35.6 Å². The molecule has 7 heterocycles. The maximum absolute atomic E-state index is 11.7. The van der Waals surface area contributed by atoms with E-state index in [1.165, 1.54) is 20.0 Å². The summed E-state index contributed by atoms with van der Waals surface area (Å²) < 4.78 is 86.6. The van der Waals surface area contributed by atoms with Gasteiger partial charge in [-0.2, -0.15) is 0 Å². The van der Waals surface area contributed by atoms with Crippen molar-refractivity contribution in [1.82, 2.24) is 16.0 Å². The number of ether oxygens (including phenoxy) is 16. The third-order valence-electron chi connectivity index (χ3n) is 16.2. The van der Waals surface area contributed by atoms with Crippen LogP contribution in [0.15, 0.2) is 0 Å². The van der Waals surface area contributed by atoms with Gasteiger partial charge in [-0.05, 0) is 136 Å². The molecule has 0 aromatic heterocycles. The Hall–Kier alpha value is -2.98. The molecule has 0 aromatic carbocycles. The summed E-state index contributed by atoms with van der Waals surface area (Å²) in [5.74, 6) is -5.99. The van der Waals surface area contributed by atoms with Crippen LogP contribution in [0, 0.1) is 0 Å². The van der Waals surface area contributed by atoms with Gasteiger partial charge in [0, 0.05) is 78.5 Å². The number of aliphatic hydroxyl groups is 5. The van der Waals surface area contributed by atoms with E-state index in [2.05, 4.69) is 41.5 Å². The summed E-state index contributed by atoms with van der Waals surface area (Å²) in [6, 6.07) is 0. The number of methoxy groups -OCH3 is 2. The normalized spacial score (nSPS) is 27.4. The third-order valence-corrected chi connectivity index (χ3v) is 16.2. The van der Waals surface area contributed by atoms with Gasteiger partial charge in [-0.1, -0.05) is 40.0 Å². The molecule has 10 N–H and O–H groups in total. The summed E-state index contributed by atoms with van der Waals surface area (Å²) in [5, 5.41) is 62.7. The molecule has 7 aliphatic heterocycles. The second kappa shape index (κ2) is 54.7. The fourth-order valence-corrected chi connectivity index (χ4v) is 12.2. The van der Waals surface area contributed by atoms with Gasteiger partial charge in [-0.3, -0.25) is 28.8 Å². The van der Waals surface area contributed by atoms with E-state index in [-0.39, 0.29) is 190 Å². The molecule has 0 radical (unpaired) electrons. The molecule has 7 fully saturated rings. The summed E-state index contributed by atoms with van der Waals surface area (Å²) in [4.78, 5) is 68.4. The number of nitrogens with one attached hydrogen (secondary N) is 3. The SMILES string of the molecule is C1CCOC1.CC(C)(C)OC(=O)C[C@H]1C[C@@H](CO)OC(C)(C)O1.CC1(C)O[C@H](CO)C[C@H](CC(=O)O)O1.CCCCNC(=O)C[C@H]1C[C@@H](CO)OC(C)(C)O1.CCCCNC(=O)C[C@H]1C[C@@H](CO)OC(C)(C)O1.CCCCNC(=O)C[C@H]1C[C@@H](OC)OC(C)(C)O1.COC(=O)C[C@H]1C[C@@H](CO)OC(C)(C)O1.[Na+].[OH-]. The number of carboxylic acid groups (broad SMARTS) is 1. The van der Waals surface area contributed by atoms with E-state index in [1.54, 1.807) is 76.3 Å². The maximum Gasteiger partial charge on any atom is 1.00 e. The Kier molecular flexibility index (Phi) is 54.3. The molecule has 32 nitrogen and oxygen atoms in total. The molecule has 33 heteroatoms. The molecule has 0 aliphatic carbocycles. The number of carboxylic acids is 1. The predicted octanol–water partition coefficient (Wildman–Crippen LogP) is 4.26. The van der Waals surface area contributed by atoms with Gasteiger partial charge in [0.2, 0.25) is 17.7 Å². The molecule has 632 valence electrons. The first kappa shape index (κ1) is 107. The van der Waals surface area contributed by atoms with E-state index in [1.807, 2.05) is 34.6 Å². The zero-order chi connectivity index (χ0) is 80.5. The van der Waals surface area contributed by atoms with E-state index in [4.69, 9.17) is 102 Å². The predicted molar refractivity (Wildman–Crippen MR) is 392 cm³/mol. The number of aliphatic carboxylic acids is 1. The molecule has 0 bridgehead atoms. The van der Waals surface area contributed by atoms with Crippen LogP contribution in [0.5, 0.6) is 0 Å². The number of esters is 2. The Morgan fingerprint density at radius 3 is 0.870 bits per heavy atom. The van der Waals surface area contributed by atoms with Crippen LogP contribution < -0.4 is 45.5 Å². The van der Waals surface area contributed by atoms with Crippen molar-refractivity contribution in [3.63, 3.8) is 0 Å². The van der Waals surface area contributed by atoms with Crippen molar-refractivity contribution in [3.8, 4) is 0 Å². The zero-order valence-corrected chi connectivity index (χ0v) is 71.3. The molecule has 7 rings (SSSR count). The summed E-state index contributed by atoms with van der Waals surface area (Å²) in [5.41, 5.74) is -0.492. The van der Waals surface area contributed by atoms with Gasteiger partial charge < -0.3 is 128 Å². The number of rotatable bonds is 27. The van der Waals surface area contributed by atoms with Crippen LogP contribution in [0.4, 0.5) is 0 Å². The van der Waals surface area contributed by atoms with Crippen molar-refractivity contribution < 1.29 is 170 Å². The van der Waals surface area contributed by atoms with Gasteiger partial charge in [0.05, 0.1) is 146 Å². The second-order valence-corrected chi connectivity index (χ2v) is 30.9. The minimum Gasteiger partial charge on any atom is -0.870 e. The van der Waals surface area contributed by atoms with Crippen LogP contribution in [-0.2, 0) is 105 Å². The minimum absolute atomic E-state index is 0. The first-order chi connectivity index (χ1) is 49.4. The van der Waals surface area contributed by atoms with Gasteiger partial charge in [0.15, 0.2) is 41.0 Å². The van der Waals surface area contributed by atoms with Gasteiger partial charge in [-0.15, -0.1) is 0 Å². The van der Waals surface area contributed by atoms with Gasteiger partial charge in [0.25, 0.3) is 0 Å². The fraction of sp³-hybridized carbons (Fsp3) is 0.920. The Balaban J connectivity index is 0. The number of amides is 3. The van der Waals surface area contributed by atoms with Crippen molar-refractivity contribution in [2.45, 2.75) is 367 Å². The van der Waals surface area contributed by atoms with Crippen molar-refractivity contribution in [2.24, 2.45) is 0 Å². The van der Waals surface area contributed by atoms with E-state index < -0.39 is 46.3 Å². The van der Waals surface area contributed by atoms with Crippen molar-refractivity contribution in [2.75, 3.05) is 80.1 Å². The maximum atomic E-state index is 11.7. The zero-order valence-electron chi connectivity index (χ0n) is 69.3. The molecule has 7 aliphatic rings. The number of carbonyl (C=O) groups is 6. The fourth-order valence-electron chi connectivity index (χ4n) is 12.2. The first-order valence-corrected chi connectivity index (χ1v) is 38.0. The molecule has 0 spiro atoms. The van der Waals surface area contributed by atoms with Gasteiger partial charge in [-0.25, -0.2) is 0 Å². The Labute approximate surface area is 665 Å². The number of hydrogen-bond donors (Lipinski definition) is 9. The number of carbonyl (C=O) groups excluding carboxylic acids is 5. The third kappa shape index (κ3) is 51.7. The first-order valence-electron chi connectivity index (χ1n) is 38.0. The largest absolute Gasteiger partial charge is 1.00 e. The quantitative estimate of drug-likeness (QED) is 0.0315. The van der Waals surface area contributed by atoms with Crippen LogP contribution >= 0.6 is 0 Å². The molecule has 0 unspecified atom stereocenters. The van der Waals surface area contributed by atoms with Crippen LogP contribution in [0.1, 0.15) is 253 Å². The summed E-state index contributed by atoms with van der Waals surface area (Å²) >= 11 is 0. The standard InChI is InChI=1S/3C13H25NO4.C13H24O5.C10H18O5.C9H16O5.C4H8O.Na.H2O/c1-5-6-7-14-11(15)8-10-9-12(16-4)18-13(2,3)17-10;2*1-4-5-6-14-12(16)8-10-7-11(9-15)18-13(2,3)17-10;1-12(2,3)18-11(15)7-9-6-10(8-14)17-13(4,5)16-9;1-10(2)14-7(5-9(12)13-3)4-8(6-11)15-10;1-9(2)13-6(4-8(11)12)3-7(5-10)14-9;1-2-4-5-3-1;;/h10,12H,5-9H2,1-4H3,(H,14,15);2*10-11,15H,4-9H2,1-3H3,(H,14,16);9-10,14H,6-8H2,1-5H3;7-8,11H,4-6H2,1-3H3;6-7,10H,3-5H2,1-2H3,(H,11,12);1-4H2;;1H2/q;;;;;;;+1;/p-1/t10-,12-;2*10-,11+;9-,10+;7-,8+;6-,7+;;;/m011111.../s1. The molecule has 0 saturated carbocycles. The molecule has 3 amide bonds. The van der Waals surface area contributed by atoms with Crippen LogP contribution in [-0.4, -0.2) is 266 Å². The Morgan fingerprint density at radius 1 is 0.389 bits per heavy atom. The molecular weight excluding hydrogens is 1430 g/mol. The van der Waals surface area contributed by atoms with E-state index >= 15 is 0 Å². The second-order valence-electron chi connectivity index (χ2n) is 30.9. The number of unbranched alkanes of at least 4 members (excludes halogenated alkanes) is 3. The van der Waals surface area contributed by atoms with Crippen LogP contribution in [0.25, 0.3) is 0 Å². The monoisotopic (exact) mass is 1570 g/mol. The summed E-state index contributed by atoms with van der Waals surface area (Å²) in [6.07, 6.45) is 10.1. The minimum atomic E-state index is -0.899. The van der Waals surface area contributed by atoms with Crippen molar-refractivity contribution in [1.29, 1.82) is 0 Å². The Morgan fingerprint density at radius 2 is 0.639 bits per heavy atom. The topological polar surface area (TPSA) is 438 Å². The summed E-state index contributed by atoms with van der Waals surface area (Å²) in [7, 11) is 2.95. The number of aliphatic hydroxyl groups excluding tert-OH is 5. The average Bonchev–Trinajstić information content (AvgIpc) is 1.36. The van der Waals surface area contributed by atoms with E-state index in [0.717, 1.165) is 58.3 Å². The van der Waals surface area contributed by atoms with Gasteiger partial charge in [0.1, 0.15) is 5.60 Å². The summed E-state index contributed by atoms with van der Waals surface area (Å²) in [6.45, 7) is 37.0. The molecule has 0 aromatic rings. The van der Waals surface area contributed by atoms with E-state index in [9.17, 15) is 28.8 Å². The van der Waals surface area contributed by atoms with E-state index in [0.29, 0.717) is 70.9 Å². The smallest absolute Gasteiger partial charge is 0.870 e. The molecular formula is C75H142N3NaO29. The molecule has 7 saturated heterocycles. The van der Waals surface area contributed by atoms with Crippen LogP contribution in [0.2, 0.25) is 0 Å². The average molecular weight is 1570 g/mol. The number of hydrogen-bond acceptors (Lipinski definition) is 28. The van der Waals surface area contributed by atoms with Gasteiger partial charge >= 0.3 is 47.5 Å². The Bertz CT molecular complexity index is 2310. The molecule has 12 atom stereocenters. The molecule has 108 heavy (non-hydrogen) atoms.